The molecule has 0 aliphatic rings. The van der Waals surface area contributed by atoms with E-state index in [1.807, 2.05) is 41.8 Å². The lowest BCUT2D eigenvalue weighted by molar-refractivity contribution is 0.0587. The smallest absolute Gasteiger partial charge is 0.377 e. The van der Waals surface area contributed by atoms with E-state index < -0.39 is 5.97 Å². The van der Waals surface area contributed by atoms with Gasteiger partial charge in [0.15, 0.2) is 5.82 Å². The SMILES string of the molecule is COC(=O)c1nc(-c2cccs2)n(-c2ccc(Br)cc2)n1. The molecule has 0 aliphatic heterocycles. The van der Waals surface area contributed by atoms with Crippen molar-refractivity contribution in [2.24, 2.45) is 0 Å². The van der Waals surface area contributed by atoms with Crippen LogP contribution >= 0.6 is 27.3 Å². The Morgan fingerprint density at radius 2 is 2.05 bits per heavy atom. The van der Waals surface area contributed by atoms with E-state index in [9.17, 15) is 4.79 Å². The number of nitrogens with zero attached hydrogens (tertiary/aromatic N) is 3. The van der Waals surface area contributed by atoms with Crippen LogP contribution in [0.1, 0.15) is 10.6 Å². The third-order valence-electron chi connectivity index (χ3n) is 2.79. The molecular weight excluding hydrogens is 354 g/mol. The van der Waals surface area contributed by atoms with E-state index in [1.165, 1.54) is 18.4 Å². The van der Waals surface area contributed by atoms with Gasteiger partial charge in [-0.3, -0.25) is 0 Å². The maximum absolute atomic E-state index is 11.7. The number of carbonyl (C=O) groups excluding carboxylic acids is 1. The quantitative estimate of drug-likeness (QED) is 0.667. The zero-order chi connectivity index (χ0) is 14.8. The van der Waals surface area contributed by atoms with Gasteiger partial charge in [0.1, 0.15) is 0 Å². The molecule has 0 saturated heterocycles. The topological polar surface area (TPSA) is 57.0 Å². The highest BCUT2D eigenvalue weighted by molar-refractivity contribution is 9.10. The van der Waals surface area contributed by atoms with Crippen LogP contribution in [-0.4, -0.2) is 27.8 Å². The van der Waals surface area contributed by atoms with Crippen molar-refractivity contribution in [3.05, 3.63) is 52.1 Å². The van der Waals surface area contributed by atoms with E-state index in [0.29, 0.717) is 5.82 Å². The zero-order valence-electron chi connectivity index (χ0n) is 11.0. The molecule has 0 radical (unpaired) electrons. The van der Waals surface area contributed by atoms with Gasteiger partial charge in [0.05, 0.1) is 17.7 Å². The lowest BCUT2D eigenvalue weighted by atomic mass is 10.3. The van der Waals surface area contributed by atoms with E-state index in [4.69, 9.17) is 4.74 Å². The van der Waals surface area contributed by atoms with Crippen LogP contribution in [0.25, 0.3) is 16.4 Å². The molecule has 2 heterocycles. The summed E-state index contributed by atoms with van der Waals surface area (Å²) in [4.78, 5) is 16.9. The molecule has 106 valence electrons. The second-order valence-electron chi connectivity index (χ2n) is 4.12. The molecule has 3 aromatic rings. The summed E-state index contributed by atoms with van der Waals surface area (Å²) >= 11 is 4.93. The number of hydrogen-bond acceptors (Lipinski definition) is 5. The van der Waals surface area contributed by atoms with Gasteiger partial charge in [0.25, 0.3) is 5.82 Å². The van der Waals surface area contributed by atoms with E-state index in [-0.39, 0.29) is 5.82 Å². The third-order valence-corrected chi connectivity index (χ3v) is 4.18. The number of benzene rings is 1. The summed E-state index contributed by atoms with van der Waals surface area (Å²) in [5.74, 6) is 0.111. The van der Waals surface area contributed by atoms with Crippen molar-refractivity contribution in [3.63, 3.8) is 0 Å². The first-order valence-corrected chi connectivity index (χ1v) is 7.71. The molecule has 0 unspecified atom stereocenters. The van der Waals surface area contributed by atoms with Crippen LogP contribution in [0.4, 0.5) is 0 Å². The third kappa shape index (κ3) is 2.74. The molecule has 7 heteroatoms. The van der Waals surface area contributed by atoms with Crippen LogP contribution in [0.5, 0.6) is 0 Å². The van der Waals surface area contributed by atoms with Gasteiger partial charge in [0, 0.05) is 4.47 Å². The van der Waals surface area contributed by atoms with Gasteiger partial charge in [-0.05, 0) is 35.7 Å². The van der Waals surface area contributed by atoms with E-state index in [2.05, 4.69) is 26.0 Å². The van der Waals surface area contributed by atoms with E-state index >= 15 is 0 Å². The van der Waals surface area contributed by atoms with Crippen LogP contribution in [0, 0.1) is 0 Å². The van der Waals surface area contributed by atoms with Gasteiger partial charge in [-0.1, -0.05) is 22.0 Å². The highest BCUT2D eigenvalue weighted by atomic mass is 79.9. The van der Waals surface area contributed by atoms with Crippen molar-refractivity contribution in [1.82, 2.24) is 14.8 Å². The average Bonchev–Trinajstić information content (AvgIpc) is 3.16. The van der Waals surface area contributed by atoms with Gasteiger partial charge in [-0.25, -0.2) is 9.48 Å². The number of halogens is 1. The number of ether oxygens (including phenoxy) is 1. The maximum Gasteiger partial charge on any atom is 0.377 e. The largest absolute Gasteiger partial charge is 0.463 e. The Hall–Kier alpha value is -1.99. The number of hydrogen-bond donors (Lipinski definition) is 0. The fourth-order valence-electron chi connectivity index (χ4n) is 1.82. The number of carbonyl (C=O) groups is 1. The second kappa shape index (κ2) is 5.79. The first kappa shape index (κ1) is 14.0. The van der Waals surface area contributed by atoms with Gasteiger partial charge >= 0.3 is 5.97 Å². The number of rotatable bonds is 3. The predicted molar refractivity (Wildman–Crippen MR) is 83.7 cm³/mol. The monoisotopic (exact) mass is 363 g/mol. The number of esters is 1. The fourth-order valence-corrected chi connectivity index (χ4v) is 2.78. The summed E-state index contributed by atoms with van der Waals surface area (Å²) in [6, 6.07) is 11.5. The summed E-state index contributed by atoms with van der Waals surface area (Å²) in [6.45, 7) is 0. The summed E-state index contributed by atoms with van der Waals surface area (Å²) in [6.07, 6.45) is 0. The summed E-state index contributed by atoms with van der Waals surface area (Å²) < 4.78 is 7.31. The number of methoxy groups -OCH3 is 1. The van der Waals surface area contributed by atoms with Gasteiger partial charge in [-0.15, -0.1) is 16.4 Å². The van der Waals surface area contributed by atoms with E-state index in [1.54, 1.807) is 4.68 Å². The molecule has 0 saturated carbocycles. The minimum Gasteiger partial charge on any atom is -0.463 e. The summed E-state index contributed by atoms with van der Waals surface area (Å²) in [5, 5.41) is 6.21. The van der Waals surface area contributed by atoms with Crippen molar-refractivity contribution in [3.8, 4) is 16.4 Å². The Kier molecular flexibility index (Phi) is 3.85. The zero-order valence-corrected chi connectivity index (χ0v) is 13.4. The molecule has 0 bridgehead atoms. The van der Waals surface area contributed by atoms with Crippen molar-refractivity contribution < 1.29 is 9.53 Å². The lowest BCUT2D eigenvalue weighted by Crippen LogP contribution is -2.05. The first-order chi connectivity index (χ1) is 10.2. The minimum absolute atomic E-state index is 0.0452. The Morgan fingerprint density at radius 1 is 1.29 bits per heavy atom. The molecule has 0 spiro atoms. The number of thiophene rings is 1. The first-order valence-electron chi connectivity index (χ1n) is 6.04. The Balaban J connectivity index is 2.15. The van der Waals surface area contributed by atoms with Gasteiger partial charge in [0.2, 0.25) is 0 Å². The Bertz CT molecular complexity index is 766. The van der Waals surface area contributed by atoms with Crippen LogP contribution in [0.15, 0.2) is 46.3 Å². The van der Waals surface area contributed by atoms with Crippen LogP contribution < -0.4 is 0 Å². The maximum atomic E-state index is 11.7. The van der Waals surface area contributed by atoms with Gasteiger partial charge in [-0.2, -0.15) is 4.98 Å². The normalized spacial score (nSPS) is 10.6. The average molecular weight is 364 g/mol. The van der Waals surface area contributed by atoms with Crippen LogP contribution in [-0.2, 0) is 4.74 Å². The molecule has 3 rings (SSSR count). The summed E-state index contributed by atoms with van der Waals surface area (Å²) in [7, 11) is 1.31. The fraction of sp³-hybridized carbons (Fsp3) is 0.0714. The molecule has 0 fully saturated rings. The van der Waals surface area contributed by atoms with Gasteiger partial charge < -0.3 is 4.74 Å². The molecule has 0 atom stereocenters. The molecule has 5 nitrogen and oxygen atoms in total. The molecule has 1 aromatic carbocycles. The van der Waals surface area contributed by atoms with Crippen molar-refractivity contribution >= 4 is 33.2 Å². The van der Waals surface area contributed by atoms with Crippen molar-refractivity contribution in [2.45, 2.75) is 0 Å². The Labute approximate surface area is 133 Å². The highest BCUT2D eigenvalue weighted by Crippen LogP contribution is 2.26. The lowest BCUT2D eigenvalue weighted by Gasteiger charge is -2.04. The van der Waals surface area contributed by atoms with Crippen molar-refractivity contribution in [1.29, 1.82) is 0 Å². The predicted octanol–water partition coefficient (Wildman–Crippen LogP) is 3.54. The Morgan fingerprint density at radius 3 is 2.67 bits per heavy atom. The molecule has 0 aliphatic carbocycles. The summed E-state index contributed by atoms with van der Waals surface area (Å²) in [5.41, 5.74) is 0.823. The molecule has 21 heavy (non-hydrogen) atoms. The van der Waals surface area contributed by atoms with E-state index in [0.717, 1.165) is 15.0 Å². The number of aromatic nitrogens is 3. The second-order valence-corrected chi connectivity index (χ2v) is 5.98. The molecular formula is C14H10BrN3O2S. The van der Waals surface area contributed by atoms with Crippen LogP contribution in [0.2, 0.25) is 0 Å². The minimum atomic E-state index is -0.552. The highest BCUT2D eigenvalue weighted by Gasteiger charge is 2.19. The molecule has 2 aromatic heterocycles. The standard InChI is InChI=1S/C14H10BrN3O2S/c1-20-14(19)12-16-13(11-3-2-8-21-11)18(17-12)10-6-4-9(15)5-7-10/h2-8H,1H3. The molecule has 0 N–H and O–H groups in total. The molecule has 0 amide bonds. The van der Waals surface area contributed by atoms with Crippen molar-refractivity contribution in [2.75, 3.05) is 7.11 Å². The van der Waals surface area contributed by atoms with Crippen LogP contribution in [0.3, 0.4) is 0 Å².